The predicted octanol–water partition coefficient (Wildman–Crippen LogP) is 0.859. The lowest BCUT2D eigenvalue weighted by Gasteiger charge is -2.34. The molecule has 0 bridgehead atoms. The lowest BCUT2D eigenvalue weighted by molar-refractivity contribution is 0.265. The number of anilines is 1. The number of hydrogen-bond donors (Lipinski definition) is 4. The van der Waals surface area contributed by atoms with E-state index in [9.17, 15) is 0 Å². The largest absolute Gasteiger partial charge is 0.357 e. The molecule has 3 fully saturated rings. The van der Waals surface area contributed by atoms with Crippen molar-refractivity contribution in [3.63, 3.8) is 0 Å². The molecule has 4 unspecified atom stereocenters. The van der Waals surface area contributed by atoms with Crippen LogP contribution in [0.4, 0.5) is 5.82 Å². The van der Waals surface area contributed by atoms with Crippen molar-refractivity contribution in [2.75, 3.05) is 31.1 Å². The first-order chi connectivity index (χ1) is 14.2. The zero-order valence-corrected chi connectivity index (χ0v) is 17.1. The van der Waals surface area contributed by atoms with E-state index in [1.807, 2.05) is 17.9 Å². The summed E-state index contributed by atoms with van der Waals surface area (Å²) in [4.78, 5) is 7.49. The van der Waals surface area contributed by atoms with Crippen LogP contribution in [0.2, 0.25) is 0 Å². The number of hydrogen-bond acceptors (Lipinski definition) is 7. The van der Waals surface area contributed by atoms with E-state index < -0.39 is 0 Å². The van der Waals surface area contributed by atoms with Gasteiger partial charge >= 0.3 is 0 Å². The molecule has 2 aromatic rings. The Morgan fingerprint density at radius 2 is 2.07 bits per heavy atom. The van der Waals surface area contributed by atoms with Crippen LogP contribution in [0.25, 0.3) is 0 Å². The monoisotopic (exact) mass is 396 g/mol. The zero-order valence-electron chi connectivity index (χ0n) is 17.1. The predicted molar refractivity (Wildman–Crippen MR) is 113 cm³/mol. The van der Waals surface area contributed by atoms with Crippen LogP contribution in [-0.2, 0) is 7.05 Å². The fourth-order valence-corrected chi connectivity index (χ4v) is 5.12. The second-order valence-electron chi connectivity index (χ2n) is 8.77. The van der Waals surface area contributed by atoms with E-state index in [1.165, 1.54) is 5.56 Å². The van der Waals surface area contributed by atoms with E-state index in [2.05, 4.69) is 50.6 Å². The Labute approximate surface area is 172 Å². The zero-order chi connectivity index (χ0) is 19.8. The van der Waals surface area contributed by atoms with Crippen LogP contribution in [0.1, 0.15) is 42.6 Å². The first-order valence-electron chi connectivity index (χ1n) is 10.9. The van der Waals surface area contributed by atoms with E-state index in [1.54, 1.807) is 0 Å². The Kier molecular flexibility index (Phi) is 5.26. The number of rotatable bonds is 4. The topological polar surface area (TPSA) is 96.1 Å². The fraction of sp³-hybridized carbons (Fsp3) is 0.619. The first-order valence-corrected chi connectivity index (χ1v) is 10.9. The SMILES string of the molecule is Cn1cc(C2CC3C(CN2)NNC3c2cccc(N3CCC(CN)CC3)n2)cn1. The van der Waals surface area contributed by atoms with Crippen molar-refractivity contribution in [2.24, 2.45) is 24.6 Å². The van der Waals surface area contributed by atoms with Crippen LogP contribution in [0.5, 0.6) is 0 Å². The molecule has 156 valence electrons. The normalized spacial score (nSPS) is 30.5. The van der Waals surface area contributed by atoms with Crippen LogP contribution in [-0.4, -0.2) is 47.0 Å². The van der Waals surface area contributed by atoms with E-state index in [0.29, 0.717) is 23.9 Å². The van der Waals surface area contributed by atoms with Crippen molar-refractivity contribution in [3.8, 4) is 0 Å². The summed E-state index contributed by atoms with van der Waals surface area (Å²) in [7, 11) is 1.97. The third-order valence-electron chi connectivity index (χ3n) is 6.93. The molecule has 3 aliphatic heterocycles. The molecule has 5 heterocycles. The summed E-state index contributed by atoms with van der Waals surface area (Å²) in [5.74, 6) is 2.25. The van der Waals surface area contributed by atoms with Crippen molar-refractivity contribution in [3.05, 3.63) is 41.9 Å². The molecule has 4 atom stereocenters. The third-order valence-corrected chi connectivity index (χ3v) is 6.93. The van der Waals surface area contributed by atoms with Gasteiger partial charge in [-0.3, -0.25) is 10.1 Å². The first kappa shape index (κ1) is 19.0. The van der Waals surface area contributed by atoms with Crippen molar-refractivity contribution in [1.29, 1.82) is 0 Å². The van der Waals surface area contributed by atoms with Crippen molar-refractivity contribution in [1.82, 2.24) is 30.9 Å². The van der Waals surface area contributed by atoms with Gasteiger partial charge in [-0.1, -0.05) is 6.07 Å². The summed E-state index contributed by atoms with van der Waals surface area (Å²) in [6.45, 7) is 3.84. The van der Waals surface area contributed by atoms with Gasteiger partial charge in [0.25, 0.3) is 0 Å². The molecule has 0 amide bonds. The minimum Gasteiger partial charge on any atom is -0.357 e. The van der Waals surface area contributed by atoms with Gasteiger partial charge < -0.3 is 16.0 Å². The molecule has 5 rings (SSSR count). The number of nitrogens with one attached hydrogen (secondary N) is 3. The molecular weight excluding hydrogens is 364 g/mol. The molecule has 0 aromatic carbocycles. The van der Waals surface area contributed by atoms with Gasteiger partial charge in [0.05, 0.1) is 17.9 Å². The van der Waals surface area contributed by atoms with Gasteiger partial charge in [-0.2, -0.15) is 5.10 Å². The smallest absolute Gasteiger partial charge is 0.128 e. The highest BCUT2D eigenvalue weighted by Gasteiger charge is 2.42. The number of nitrogens with zero attached hydrogens (tertiary/aromatic N) is 4. The van der Waals surface area contributed by atoms with E-state index in [-0.39, 0.29) is 6.04 Å². The van der Waals surface area contributed by atoms with Gasteiger partial charge in [-0.05, 0) is 43.9 Å². The molecule has 0 aliphatic carbocycles. The van der Waals surface area contributed by atoms with E-state index in [0.717, 1.165) is 57.0 Å². The highest BCUT2D eigenvalue weighted by atomic mass is 15.4. The number of aromatic nitrogens is 3. The number of pyridine rings is 1. The molecule has 3 aliphatic rings. The molecule has 8 nitrogen and oxygen atoms in total. The summed E-state index contributed by atoms with van der Waals surface area (Å²) < 4.78 is 1.88. The molecular formula is C21H32N8. The number of hydrazine groups is 1. The molecule has 0 radical (unpaired) electrons. The quantitative estimate of drug-likeness (QED) is 0.609. The average molecular weight is 397 g/mol. The Morgan fingerprint density at radius 1 is 1.21 bits per heavy atom. The second-order valence-corrected chi connectivity index (χ2v) is 8.77. The molecule has 2 aromatic heterocycles. The van der Waals surface area contributed by atoms with Gasteiger partial charge in [0.2, 0.25) is 0 Å². The maximum absolute atomic E-state index is 5.85. The van der Waals surface area contributed by atoms with Crippen molar-refractivity contribution < 1.29 is 0 Å². The van der Waals surface area contributed by atoms with Crippen LogP contribution in [0.15, 0.2) is 30.6 Å². The van der Waals surface area contributed by atoms with Crippen molar-refractivity contribution in [2.45, 2.75) is 37.4 Å². The van der Waals surface area contributed by atoms with Crippen LogP contribution >= 0.6 is 0 Å². The van der Waals surface area contributed by atoms with Gasteiger partial charge in [0, 0.05) is 56.4 Å². The van der Waals surface area contributed by atoms with Gasteiger partial charge in [0.15, 0.2) is 0 Å². The fourth-order valence-electron chi connectivity index (χ4n) is 5.12. The number of fused-ring (bicyclic) bond motifs is 1. The maximum atomic E-state index is 5.85. The molecule has 0 saturated carbocycles. The molecule has 8 heteroatoms. The van der Waals surface area contributed by atoms with E-state index >= 15 is 0 Å². The standard InChI is InChI=1S/C21H32N8/c1-28-13-15(11-24-28)18-9-16-19(12-23-18)26-27-21(16)17-3-2-4-20(25-17)29-7-5-14(10-22)6-8-29/h2-4,11,13-14,16,18-19,21,23,26-27H,5-10,12,22H2,1H3. The van der Waals surface area contributed by atoms with Gasteiger partial charge in [-0.25, -0.2) is 10.4 Å². The lowest BCUT2D eigenvalue weighted by atomic mass is 9.82. The lowest BCUT2D eigenvalue weighted by Crippen LogP contribution is -2.46. The highest BCUT2D eigenvalue weighted by molar-refractivity contribution is 5.40. The minimum absolute atomic E-state index is 0.225. The van der Waals surface area contributed by atoms with Crippen LogP contribution in [0, 0.1) is 11.8 Å². The maximum Gasteiger partial charge on any atom is 0.128 e. The Hall–Kier alpha value is -2.00. The second kappa shape index (κ2) is 8.02. The molecule has 3 saturated heterocycles. The summed E-state index contributed by atoms with van der Waals surface area (Å²) in [6, 6.07) is 7.45. The van der Waals surface area contributed by atoms with Gasteiger partial charge in [0.1, 0.15) is 5.82 Å². The number of piperidine rings is 2. The molecule has 29 heavy (non-hydrogen) atoms. The molecule has 5 N–H and O–H groups in total. The summed E-state index contributed by atoms with van der Waals surface area (Å²) >= 11 is 0. The van der Waals surface area contributed by atoms with E-state index in [4.69, 9.17) is 10.7 Å². The number of nitrogens with two attached hydrogens (primary N) is 1. The van der Waals surface area contributed by atoms with Crippen LogP contribution in [0.3, 0.4) is 0 Å². The number of aryl methyl sites for hydroxylation is 1. The Morgan fingerprint density at radius 3 is 2.83 bits per heavy atom. The van der Waals surface area contributed by atoms with Crippen molar-refractivity contribution >= 4 is 5.82 Å². The molecule has 0 spiro atoms. The Balaban J connectivity index is 1.32. The third kappa shape index (κ3) is 3.77. The van der Waals surface area contributed by atoms with Gasteiger partial charge in [-0.15, -0.1) is 0 Å². The summed E-state index contributed by atoms with van der Waals surface area (Å²) in [5, 5.41) is 8.02. The van der Waals surface area contributed by atoms with Crippen LogP contribution < -0.4 is 26.8 Å². The highest BCUT2D eigenvalue weighted by Crippen LogP contribution is 2.38. The minimum atomic E-state index is 0.225. The summed E-state index contributed by atoms with van der Waals surface area (Å²) in [5.41, 5.74) is 15.3. The Bertz CT molecular complexity index is 828. The average Bonchev–Trinajstić information content (AvgIpc) is 3.39. The summed E-state index contributed by atoms with van der Waals surface area (Å²) in [6.07, 6.45) is 7.48.